The van der Waals surface area contributed by atoms with E-state index in [1.165, 1.54) is 15.9 Å². The minimum atomic E-state index is -0.244. The SMILES string of the molecule is CCc1nc2sc(C(c3cccc(OC(C)C)c3)N(C)CCO)c(O)n2n1. The number of hydrogen-bond acceptors (Lipinski definition) is 7. The van der Waals surface area contributed by atoms with Crippen LogP contribution in [-0.2, 0) is 6.42 Å². The molecule has 0 aliphatic carbocycles. The first-order chi connectivity index (χ1) is 12.9. The topological polar surface area (TPSA) is 83.1 Å². The molecule has 3 aromatic rings. The second kappa shape index (κ2) is 8.24. The number of aryl methyl sites for hydroxylation is 1. The second-order valence-electron chi connectivity index (χ2n) is 6.71. The van der Waals surface area contributed by atoms with Gasteiger partial charge in [-0.25, -0.2) is 4.98 Å². The highest BCUT2D eigenvalue weighted by Gasteiger charge is 2.28. The summed E-state index contributed by atoms with van der Waals surface area (Å²) in [7, 11) is 1.92. The number of fused-ring (bicyclic) bond motifs is 1. The smallest absolute Gasteiger partial charge is 0.230 e. The molecule has 27 heavy (non-hydrogen) atoms. The van der Waals surface area contributed by atoms with Gasteiger partial charge in [0, 0.05) is 13.0 Å². The Morgan fingerprint density at radius 2 is 2.11 bits per heavy atom. The summed E-state index contributed by atoms with van der Waals surface area (Å²) in [4.78, 5) is 7.87. The Morgan fingerprint density at radius 1 is 1.33 bits per heavy atom. The number of thiazole rings is 1. The van der Waals surface area contributed by atoms with Gasteiger partial charge in [0.05, 0.1) is 23.6 Å². The monoisotopic (exact) mass is 390 g/mol. The van der Waals surface area contributed by atoms with Crippen molar-refractivity contribution in [2.45, 2.75) is 39.3 Å². The molecule has 2 heterocycles. The van der Waals surface area contributed by atoms with Gasteiger partial charge in [0.1, 0.15) is 5.75 Å². The van der Waals surface area contributed by atoms with Crippen LogP contribution in [0.4, 0.5) is 0 Å². The van der Waals surface area contributed by atoms with Crippen molar-refractivity contribution in [1.82, 2.24) is 19.5 Å². The van der Waals surface area contributed by atoms with Gasteiger partial charge in [-0.1, -0.05) is 30.4 Å². The van der Waals surface area contributed by atoms with E-state index in [4.69, 9.17) is 4.74 Å². The minimum absolute atomic E-state index is 0.0245. The Morgan fingerprint density at radius 3 is 2.74 bits per heavy atom. The number of aromatic nitrogens is 3. The van der Waals surface area contributed by atoms with E-state index in [-0.39, 0.29) is 24.6 Å². The van der Waals surface area contributed by atoms with Gasteiger partial charge in [-0.15, -0.1) is 5.10 Å². The number of benzene rings is 1. The van der Waals surface area contributed by atoms with Crippen LogP contribution < -0.4 is 4.74 Å². The maximum absolute atomic E-state index is 10.8. The summed E-state index contributed by atoms with van der Waals surface area (Å²) < 4.78 is 7.32. The van der Waals surface area contributed by atoms with Crippen LogP contribution in [0.25, 0.3) is 4.96 Å². The van der Waals surface area contributed by atoms with Crippen LogP contribution in [0.15, 0.2) is 24.3 Å². The maximum atomic E-state index is 10.8. The molecule has 2 aromatic heterocycles. The van der Waals surface area contributed by atoms with Gasteiger partial charge in [-0.3, -0.25) is 4.90 Å². The lowest BCUT2D eigenvalue weighted by Crippen LogP contribution is -2.28. The highest BCUT2D eigenvalue weighted by Crippen LogP contribution is 2.40. The van der Waals surface area contributed by atoms with Gasteiger partial charge in [-0.2, -0.15) is 4.52 Å². The first-order valence-electron chi connectivity index (χ1n) is 9.09. The predicted molar refractivity (Wildman–Crippen MR) is 106 cm³/mol. The van der Waals surface area contributed by atoms with Gasteiger partial charge in [0.25, 0.3) is 0 Å². The Bertz CT molecular complexity index is 906. The number of aliphatic hydroxyl groups excluding tert-OH is 1. The zero-order valence-corrected chi connectivity index (χ0v) is 16.9. The molecule has 0 aliphatic rings. The lowest BCUT2D eigenvalue weighted by Gasteiger charge is -2.27. The summed E-state index contributed by atoms with van der Waals surface area (Å²) in [5.74, 6) is 1.57. The van der Waals surface area contributed by atoms with E-state index in [2.05, 4.69) is 10.1 Å². The number of aromatic hydroxyl groups is 1. The van der Waals surface area contributed by atoms with Crippen LogP contribution >= 0.6 is 11.3 Å². The Labute approximate surface area is 162 Å². The van der Waals surface area contributed by atoms with Crippen molar-refractivity contribution in [2.24, 2.45) is 0 Å². The molecular formula is C19H26N4O3S. The van der Waals surface area contributed by atoms with Crippen LogP contribution in [0.2, 0.25) is 0 Å². The standard InChI is InChI=1S/C19H26N4O3S/c1-5-15-20-19-23(21-15)18(25)17(27-19)16(22(4)9-10-24)13-7-6-8-14(11-13)26-12(2)3/h6-8,11-12,16,24-25H,5,9-10H2,1-4H3. The van der Waals surface area contributed by atoms with Gasteiger partial charge in [0.15, 0.2) is 5.82 Å². The molecule has 0 fully saturated rings. The number of aliphatic hydroxyl groups is 1. The van der Waals surface area contributed by atoms with Crippen LogP contribution in [0.3, 0.4) is 0 Å². The van der Waals surface area contributed by atoms with Gasteiger partial charge in [-0.05, 0) is 38.6 Å². The van der Waals surface area contributed by atoms with Crippen LogP contribution in [0.5, 0.6) is 11.6 Å². The maximum Gasteiger partial charge on any atom is 0.230 e. The minimum Gasteiger partial charge on any atom is -0.492 e. The second-order valence-corrected chi connectivity index (χ2v) is 7.72. The molecule has 0 saturated heterocycles. The number of likely N-dealkylation sites (N-methyl/N-ethyl adjacent to an activating group) is 1. The first kappa shape index (κ1) is 19.6. The largest absolute Gasteiger partial charge is 0.492 e. The zero-order chi connectivity index (χ0) is 19.6. The normalized spacial score (nSPS) is 13.0. The molecule has 0 aliphatic heterocycles. The third-order valence-electron chi connectivity index (χ3n) is 4.25. The highest BCUT2D eigenvalue weighted by molar-refractivity contribution is 7.17. The summed E-state index contributed by atoms with van der Waals surface area (Å²) in [6.45, 7) is 6.44. The number of ether oxygens (including phenoxy) is 1. The number of nitrogens with zero attached hydrogens (tertiary/aromatic N) is 4. The van der Waals surface area contributed by atoms with Gasteiger partial charge >= 0.3 is 0 Å². The Kier molecular flexibility index (Phi) is 5.98. The highest BCUT2D eigenvalue weighted by atomic mass is 32.1. The fourth-order valence-electron chi connectivity index (χ4n) is 3.04. The van der Waals surface area contributed by atoms with E-state index < -0.39 is 0 Å². The van der Waals surface area contributed by atoms with Crippen LogP contribution in [0, 0.1) is 0 Å². The predicted octanol–water partition coefficient (Wildman–Crippen LogP) is 2.86. The third-order valence-corrected chi connectivity index (χ3v) is 5.32. The van der Waals surface area contributed by atoms with Crippen molar-refractivity contribution < 1.29 is 14.9 Å². The van der Waals surface area contributed by atoms with E-state index >= 15 is 0 Å². The Hall–Kier alpha value is -2.16. The average Bonchev–Trinajstić information content (AvgIpc) is 3.15. The molecule has 1 unspecified atom stereocenters. The van der Waals surface area contributed by atoms with E-state index in [1.54, 1.807) is 0 Å². The van der Waals surface area contributed by atoms with E-state index in [1.807, 2.05) is 57.0 Å². The molecule has 2 N–H and O–H groups in total. The molecule has 0 bridgehead atoms. The Balaban J connectivity index is 2.07. The average molecular weight is 391 g/mol. The van der Waals surface area contributed by atoms with Crippen molar-refractivity contribution in [3.8, 4) is 11.6 Å². The first-order valence-corrected chi connectivity index (χ1v) is 9.91. The van der Waals surface area contributed by atoms with Crippen molar-refractivity contribution in [1.29, 1.82) is 0 Å². The molecule has 0 amide bonds. The van der Waals surface area contributed by atoms with E-state index in [9.17, 15) is 10.2 Å². The van der Waals surface area contributed by atoms with Crippen LogP contribution in [-0.4, -0.2) is 56.0 Å². The van der Waals surface area contributed by atoms with E-state index in [0.29, 0.717) is 23.8 Å². The van der Waals surface area contributed by atoms with Crippen molar-refractivity contribution in [3.63, 3.8) is 0 Å². The summed E-state index contributed by atoms with van der Waals surface area (Å²) >= 11 is 1.41. The number of rotatable bonds is 8. The molecule has 3 rings (SSSR count). The quantitative estimate of drug-likeness (QED) is 0.615. The molecule has 0 radical (unpaired) electrons. The van der Waals surface area contributed by atoms with Crippen molar-refractivity contribution >= 4 is 16.3 Å². The lowest BCUT2D eigenvalue weighted by molar-refractivity contribution is 0.196. The summed E-state index contributed by atoms with van der Waals surface area (Å²) in [5, 5.41) is 24.6. The number of hydrogen-bond donors (Lipinski definition) is 2. The molecule has 0 spiro atoms. The fourth-order valence-corrected chi connectivity index (χ4v) is 4.21. The van der Waals surface area contributed by atoms with Crippen LogP contribution in [0.1, 0.15) is 43.1 Å². The molecule has 8 heteroatoms. The third kappa shape index (κ3) is 4.07. The summed E-state index contributed by atoms with van der Waals surface area (Å²) in [6.07, 6.45) is 0.787. The summed E-state index contributed by atoms with van der Waals surface area (Å²) in [5.41, 5.74) is 0.972. The van der Waals surface area contributed by atoms with Gasteiger partial charge < -0.3 is 14.9 Å². The molecule has 1 aromatic carbocycles. The zero-order valence-electron chi connectivity index (χ0n) is 16.1. The molecule has 1 atom stereocenters. The molecule has 7 nitrogen and oxygen atoms in total. The van der Waals surface area contributed by atoms with Gasteiger partial charge in [0.2, 0.25) is 10.8 Å². The summed E-state index contributed by atoms with van der Waals surface area (Å²) in [6, 6.07) is 7.59. The lowest BCUT2D eigenvalue weighted by atomic mass is 10.0. The van der Waals surface area contributed by atoms with Crippen molar-refractivity contribution in [3.05, 3.63) is 40.5 Å². The molecule has 146 valence electrons. The fraction of sp³-hybridized carbons (Fsp3) is 0.474. The molecular weight excluding hydrogens is 364 g/mol. The van der Waals surface area contributed by atoms with E-state index in [0.717, 1.165) is 16.2 Å². The van der Waals surface area contributed by atoms with Crippen molar-refractivity contribution in [2.75, 3.05) is 20.2 Å². The molecule has 0 saturated carbocycles.